The lowest BCUT2D eigenvalue weighted by atomic mass is 10.1. The molecule has 9 heteroatoms. The summed E-state index contributed by atoms with van der Waals surface area (Å²) in [5.41, 5.74) is 6.37. The molecule has 0 atom stereocenters. The van der Waals surface area contributed by atoms with E-state index in [4.69, 9.17) is 4.98 Å². The number of aromatic nitrogens is 6. The van der Waals surface area contributed by atoms with Crippen LogP contribution in [0.5, 0.6) is 0 Å². The van der Waals surface area contributed by atoms with Crippen LogP contribution in [0, 0.1) is 13.8 Å². The molecule has 32 heavy (non-hydrogen) atoms. The van der Waals surface area contributed by atoms with Gasteiger partial charge in [0.25, 0.3) is 0 Å². The fraction of sp³-hybridized carbons (Fsp3) is 0.348. The average Bonchev–Trinajstić information content (AvgIpc) is 3.43. The third-order valence-electron chi connectivity index (χ3n) is 6.08. The minimum Gasteiger partial charge on any atom is -0.340 e. The highest BCUT2D eigenvalue weighted by molar-refractivity contribution is 5.79. The number of carbonyl (C=O) groups is 1. The largest absolute Gasteiger partial charge is 0.340 e. The summed E-state index contributed by atoms with van der Waals surface area (Å²) in [6.07, 6.45) is 4.06. The number of amides is 1. The number of hydrogen-bond donors (Lipinski definition) is 0. The molecule has 0 unspecified atom stereocenters. The van der Waals surface area contributed by atoms with Crippen molar-refractivity contribution in [1.29, 1.82) is 0 Å². The molecule has 1 aliphatic rings. The minimum atomic E-state index is 0.168. The van der Waals surface area contributed by atoms with Gasteiger partial charge in [-0.1, -0.05) is 12.1 Å². The molecule has 9 nitrogen and oxygen atoms in total. The van der Waals surface area contributed by atoms with Gasteiger partial charge in [-0.25, -0.2) is 9.67 Å². The summed E-state index contributed by atoms with van der Waals surface area (Å²) in [4.78, 5) is 21.9. The van der Waals surface area contributed by atoms with Gasteiger partial charge in [-0.15, -0.1) is 5.10 Å². The molecule has 164 valence electrons. The molecule has 0 bridgehead atoms. The zero-order chi connectivity index (χ0) is 22.1. The lowest BCUT2D eigenvalue weighted by molar-refractivity contribution is -0.132. The highest BCUT2D eigenvalue weighted by Gasteiger charge is 2.22. The molecule has 0 spiro atoms. The normalized spacial score (nSPS) is 14.9. The van der Waals surface area contributed by atoms with Crippen LogP contribution in [0.4, 0.5) is 0 Å². The highest BCUT2D eigenvalue weighted by atomic mass is 16.2. The number of rotatable bonds is 5. The molecule has 0 saturated carbocycles. The Kier molecular flexibility index (Phi) is 5.40. The third-order valence-corrected chi connectivity index (χ3v) is 6.08. The number of fused-ring (bicyclic) bond motifs is 1. The Bertz CT molecular complexity index is 1220. The van der Waals surface area contributed by atoms with Gasteiger partial charge in [0, 0.05) is 38.9 Å². The molecule has 4 aromatic rings. The number of aryl methyl sites for hydroxylation is 2. The molecule has 1 amide bonds. The van der Waals surface area contributed by atoms with Crippen LogP contribution < -0.4 is 0 Å². The van der Waals surface area contributed by atoms with Crippen molar-refractivity contribution in [1.82, 2.24) is 39.4 Å². The van der Waals surface area contributed by atoms with Crippen LogP contribution in [0.1, 0.15) is 22.5 Å². The van der Waals surface area contributed by atoms with Gasteiger partial charge in [-0.05, 0) is 59.7 Å². The Morgan fingerprint density at radius 3 is 2.53 bits per heavy atom. The summed E-state index contributed by atoms with van der Waals surface area (Å²) in [5.74, 6) is 0.168. The first-order chi connectivity index (χ1) is 15.6. The standard InChI is InChI=1S/C23H26N8O/c1-17-7-8-30-21(18(2)25-22(30)13-17)15-28-9-11-29(12-10-28)23(32)14-19-3-5-20(6-4-19)31-16-24-26-27-31/h3-8,13,16H,9-12,14-15H2,1-2H3. The first kappa shape index (κ1) is 20.3. The molecule has 0 radical (unpaired) electrons. The maximum atomic E-state index is 12.8. The number of benzene rings is 1. The van der Waals surface area contributed by atoms with E-state index in [1.54, 1.807) is 11.0 Å². The van der Waals surface area contributed by atoms with Crippen LogP contribution in [-0.4, -0.2) is 71.5 Å². The van der Waals surface area contributed by atoms with Crippen molar-refractivity contribution in [3.8, 4) is 5.69 Å². The Morgan fingerprint density at radius 1 is 1.03 bits per heavy atom. The number of tetrazole rings is 1. The van der Waals surface area contributed by atoms with E-state index in [9.17, 15) is 4.79 Å². The molecule has 4 heterocycles. The predicted molar refractivity (Wildman–Crippen MR) is 119 cm³/mol. The molecular formula is C23H26N8O. The molecule has 0 N–H and O–H groups in total. The van der Waals surface area contributed by atoms with Crippen LogP contribution in [0.25, 0.3) is 11.3 Å². The number of carbonyl (C=O) groups excluding carboxylic acids is 1. The Hall–Kier alpha value is -3.59. The number of imidazole rings is 1. The molecule has 1 fully saturated rings. The smallest absolute Gasteiger partial charge is 0.227 e. The summed E-state index contributed by atoms with van der Waals surface area (Å²) >= 11 is 0. The zero-order valence-electron chi connectivity index (χ0n) is 18.3. The minimum absolute atomic E-state index is 0.168. The Labute approximate surface area is 186 Å². The summed E-state index contributed by atoms with van der Waals surface area (Å²) in [5, 5.41) is 11.2. The summed E-state index contributed by atoms with van der Waals surface area (Å²) < 4.78 is 3.77. The maximum Gasteiger partial charge on any atom is 0.227 e. The van der Waals surface area contributed by atoms with Gasteiger partial charge < -0.3 is 9.30 Å². The van der Waals surface area contributed by atoms with E-state index in [0.717, 1.165) is 55.3 Å². The molecular weight excluding hydrogens is 404 g/mol. The van der Waals surface area contributed by atoms with E-state index in [2.05, 4.69) is 57.0 Å². The van der Waals surface area contributed by atoms with Crippen molar-refractivity contribution < 1.29 is 4.79 Å². The number of pyridine rings is 1. The molecule has 1 saturated heterocycles. The first-order valence-corrected chi connectivity index (χ1v) is 10.8. The number of piperazine rings is 1. The van der Waals surface area contributed by atoms with Crippen LogP contribution in [0.2, 0.25) is 0 Å². The van der Waals surface area contributed by atoms with Gasteiger partial charge in [0.05, 0.1) is 23.5 Å². The Morgan fingerprint density at radius 2 is 1.81 bits per heavy atom. The van der Waals surface area contributed by atoms with Crippen LogP contribution in [-0.2, 0) is 17.8 Å². The van der Waals surface area contributed by atoms with E-state index in [-0.39, 0.29) is 5.91 Å². The molecule has 5 rings (SSSR count). The van der Waals surface area contributed by atoms with Crippen LogP contribution >= 0.6 is 0 Å². The second kappa shape index (κ2) is 8.51. The molecule has 0 aliphatic carbocycles. The fourth-order valence-corrected chi connectivity index (χ4v) is 4.21. The van der Waals surface area contributed by atoms with Crippen molar-refractivity contribution >= 4 is 11.6 Å². The van der Waals surface area contributed by atoms with Crippen LogP contribution in [0.3, 0.4) is 0 Å². The third kappa shape index (κ3) is 4.11. The lowest BCUT2D eigenvalue weighted by Crippen LogP contribution is -2.48. The summed E-state index contributed by atoms with van der Waals surface area (Å²) in [6.45, 7) is 8.22. The Balaban J connectivity index is 1.17. The fourth-order valence-electron chi connectivity index (χ4n) is 4.21. The monoisotopic (exact) mass is 430 g/mol. The van der Waals surface area contributed by atoms with E-state index >= 15 is 0 Å². The molecule has 1 aromatic carbocycles. The predicted octanol–water partition coefficient (Wildman–Crippen LogP) is 1.81. The van der Waals surface area contributed by atoms with E-state index in [1.165, 1.54) is 11.3 Å². The topological polar surface area (TPSA) is 84.5 Å². The van der Waals surface area contributed by atoms with Crippen molar-refractivity contribution in [3.63, 3.8) is 0 Å². The summed E-state index contributed by atoms with van der Waals surface area (Å²) in [7, 11) is 0. The number of nitrogens with zero attached hydrogens (tertiary/aromatic N) is 8. The highest BCUT2D eigenvalue weighted by Crippen LogP contribution is 2.17. The maximum absolute atomic E-state index is 12.8. The van der Waals surface area contributed by atoms with Gasteiger partial charge in [-0.2, -0.15) is 0 Å². The van der Waals surface area contributed by atoms with Crippen molar-refractivity contribution in [2.75, 3.05) is 26.2 Å². The van der Waals surface area contributed by atoms with Gasteiger partial charge in [0.2, 0.25) is 5.91 Å². The number of hydrogen-bond acceptors (Lipinski definition) is 6. The van der Waals surface area contributed by atoms with E-state index in [1.807, 2.05) is 29.2 Å². The molecule has 1 aliphatic heterocycles. The van der Waals surface area contributed by atoms with Gasteiger partial charge in [0.15, 0.2) is 0 Å². The van der Waals surface area contributed by atoms with E-state index in [0.29, 0.717) is 6.42 Å². The van der Waals surface area contributed by atoms with Crippen LogP contribution in [0.15, 0.2) is 48.9 Å². The second-order valence-corrected chi connectivity index (χ2v) is 8.33. The summed E-state index contributed by atoms with van der Waals surface area (Å²) in [6, 6.07) is 12.0. The first-order valence-electron chi connectivity index (χ1n) is 10.8. The van der Waals surface area contributed by atoms with E-state index < -0.39 is 0 Å². The zero-order valence-corrected chi connectivity index (χ0v) is 18.3. The van der Waals surface area contributed by atoms with Crippen molar-refractivity contribution in [3.05, 3.63) is 71.4 Å². The average molecular weight is 431 g/mol. The lowest BCUT2D eigenvalue weighted by Gasteiger charge is -2.34. The SMILES string of the molecule is Cc1ccn2c(CN3CCN(C(=O)Cc4ccc(-n5cnnn5)cc4)CC3)c(C)nc2c1. The quantitative estimate of drug-likeness (QED) is 0.480. The van der Waals surface area contributed by atoms with Crippen molar-refractivity contribution in [2.45, 2.75) is 26.8 Å². The van der Waals surface area contributed by atoms with Gasteiger partial charge in [0.1, 0.15) is 12.0 Å². The van der Waals surface area contributed by atoms with Crippen molar-refractivity contribution in [2.24, 2.45) is 0 Å². The van der Waals surface area contributed by atoms with Gasteiger partial charge in [-0.3, -0.25) is 9.69 Å². The second-order valence-electron chi connectivity index (χ2n) is 8.33. The van der Waals surface area contributed by atoms with Gasteiger partial charge >= 0.3 is 0 Å². The molecule has 3 aromatic heterocycles.